The van der Waals surface area contributed by atoms with Crippen LogP contribution in [0.25, 0.3) is 0 Å². The van der Waals surface area contributed by atoms with Crippen LogP contribution < -0.4 is 15.4 Å². The van der Waals surface area contributed by atoms with Crippen molar-refractivity contribution in [3.63, 3.8) is 0 Å². The molecule has 2 aromatic rings. The number of hydrogen-bond donors (Lipinski definition) is 2. The van der Waals surface area contributed by atoms with Gasteiger partial charge in [0.1, 0.15) is 5.75 Å². The van der Waals surface area contributed by atoms with Gasteiger partial charge in [-0.1, -0.05) is 31.5 Å². The summed E-state index contributed by atoms with van der Waals surface area (Å²) in [7, 11) is 2.05. The van der Waals surface area contributed by atoms with Crippen LogP contribution in [0.4, 0.5) is 5.69 Å². The lowest BCUT2D eigenvalue weighted by molar-refractivity contribution is 0.0664. The third-order valence-corrected chi connectivity index (χ3v) is 5.48. The lowest BCUT2D eigenvalue weighted by Gasteiger charge is -2.32. The number of ether oxygens (including phenoxy) is 1. The first kappa shape index (κ1) is 23.7. The molecule has 1 fully saturated rings. The number of nitrogens with one attached hydrogen (secondary N) is 2. The number of carbonyl (C=O) groups is 2. The molecule has 1 aliphatic rings. The number of benzene rings is 2. The summed E-state index contributed by atoms with van der Waals surface area (Å²) in [6.07, 6.45) is 1.93. The highest BCUT2D eigenvalue weighted by molar-refractivity contribution is 7.80. The van der Waals surface area contributed by atoms with Gasteiger partial charge in [-0.05, 0) is 56.0 Å². The lowest BCUT2D eigenvalue weighted by atomic mass is 10.1. The molecule has 0 atom stereocenters. The van der Waals surface area contributed by atoms with E-state index < -0.39 is 0 Å². The van der Waals surface area contributed by atoms with Gasteiger partial charge in [-0.25, -0.2) is 0 Å². The van der Waals surface area contributed by atoms with E-state index in [1.54, 1.807) is 42.5 Å². The number of hydrogen-bond acceptors (Lipinski definition) is 5. The Hall–Kier alpha value is -2.97. The summed E-state index contributed by atoms with van der Waals surface area (Å²) < 4.78 is 5.74. The van der Waals surface area contributed by atoms with Crippen molar-refractivity contribution >= 4 is 34.8 Å². The molecule has 1 saturated heterocycles. The van der Waals surface area contributed by atoms with Gasteiger partial charge in [-0.3, -0.25) is 14.9 Å². The number of thiocarbonyl (C=S) groups is 1. The molecule has 8 heteroatoms. The summed E-state index contributed by atoms with van der Waals surface area (Å²) in [6.45, 7) is 5.78. The van der Waals surface area contributed by atoms with Crippen LogP contribution in [0.1, 0.15) is 40.5 Å². The smallest absolute Gasteiger partial charge is 0.261 e. The topological polar surface area (TPSA) is 73.9 Å². The Labute approximate surface area is 194 Å². The van der Waals surface area contributed by atoms with Crippen molar-refractivity contribution in [1.29, 1.82) is 0 Å². The number of amides is 2. The third-order valence-electron chi connectivity index (χ3n) is 5.27. The van der Waals surface area contributed by atoms with Crippen LogP contribution in [-0.2, 0) is 0 Å². The first-order chi connectivity index (χ1) is 15.5. The van der Waals surface area contributed by atoms with Gasteiger partial charge in [0.25, 0.3) is 11.8 Å². The summed E-state index contributed by atoms with van der Waals surface area (Å²) in [5.41, 5.74) is 1.65. The zero-order valence-corrected chi connectivity index (χ0v) is 19.4. The molecule has 7 nitrogen and oxygen atoms in total. The number of likely N-dealkylation sites (N-methyl/N-ethyl adjacent to an activating group) is 1. The predicted octanol–water partition coefficient (Wildman–Crippen LogP) is 3.38. The van der Waals surface area contributed by atoms with E-state index in [0.29, 0.717) is 42.3 Å². The fraction of sp³-hybridized carbons (Fsp3) is 0.375. The van der Waals surface area contributed by atoms with E-state index in [1.807, 2.05) is 11.0 Å². The molecule has 0 aliphatic carbocycles. The van der Waals surface area contributed by atoms with E-state index in [9.17, 15) is 9.59 Å². The molecule has 32 heavy (non-hydrogen) atoms. The van der Waals surface area contributed by atoms with E-state index in [1.165, 1.54) is 0 Å². The van der Waals surface area contributed by atoms with Gasteiger partial charge in [-0.2, -0.15) is 0 Å². The largest absolute Gasteiger partial charge is 0.493 e. The van der Waals surface area contributed by atoms with E-state index in [-0.39, 0.29) is 16.9 Å². The Balaban J connectivity index is 1.60. The molecular weight excluding hydrogens is 424 g/mol. The van der Waals surface area contributed by atoms with Crippen LogP contribution in [0.15, 0.2) is 48.5 Å². The quantitative estimate of drug-likeness (QED) is 0.494. The van der Waals surface area contributed by atoms with Gasteiger partial charge < -0.3 is 19.9 Å². The molecular formula is C24H30N4O3S. The van der Waals surface area contributed by atoms with Crippen LogP contribution in [0.3, 0.4) is 0 Å². The van der Waals surface area contributed by atoms with Crippen LogP contribution in [0.5, 0.6) is 5.75 Å². The normalized spacial score (nSPS) is 14.0. The van der Waals surface area contributed by atoms with Gasteiger partial charge in [-0.15, -0.1) is 0 Å². The maximum Gasteiger partial charge on any atom is 0.261 e. The number of unbranched alkanes of at least 4 members (excludes halogenated alkanes) is 1. The van der Waals surface area contributed by atoms with Gasteiger partial charge in [0.2, 0.25) is 0 Å². The summed E-state index contributed by atoms with van der Waals surface area (Å²) >= 11 is 5.32. The molecule has 2 aromatic carbocycles. The highest BCUT2D eigenvalue weighted by Gasteiger charge is 2.20. The van der Waals surface area contributed by atoms with Crippen molar-refractivity contribution in [3.05, 3.63) is 59.7 Å². The standard InChI is InChI=1S/C24H30N4O3S/c1-3-4-16-31-21-11-6-5-10-20(21)22(29)26-24(32)25-19-9-7-8-18(17-19)23(30)28-14-12-27(2)13-15-28/h5-11,17H,3-4,12-16H2,1-2H3,(H2,25,26,29,32). The van der Waals surface area contributed by atoms with E-state index >= 15 is 0 Å². The van der Waals surface area contributed by atoms with Crippen LogP contribution in [0.2, 0.25) is 0 Å². The molecule has 0 unspecified atom stereocenters. The molecule has 1 heterocycles. The molecule has 170 valence electrons. The van der Waals surface area contributed by atoms with Crippen molar-refractivity contribution in [1.82, 2.24) is 15.1 Å². The highest BCUT2D eigenvalue weighted by Crippen LogP contribution is 2.19. The zero-order valence-electron chi connectivity index (χ0n) is 18.6. The fourth-order valence-electron chi connectivity index (χ4n) is 3.36. The van der Waals surface area contributed by atoms with Gasteiger partial charge >= 0.3 is 0 Å². The number of para-hydroxylation sites is 1. The minimum Gasteiger partial charge on any atom is -0.493 e. The average molecular weight is 455 g/mol. The monoisotopic (exact) mass is 454 g/mol. The average Bonchev–Trinajstić information content (AvgIpc) is 2.79. The minimum absolute atomic E-state index is 0.00476. The van der Waals surface area contributed by atoms with Crippen molar-refractivity contribution in [3.8, 4) is 5.75 Å². The molecule has 0 spiro atoms. The van der Waals surface area contributed by atoms with Crippen LogP contribution in [-0.4, -0.2) is 66.6 Å². The van der Waals surface area contributed by atoms with Gasteiger partial charge in [0.05, 0.1) is 12.2 Å². The number of piperazine rings is 1. The zero-order chi connectivity index (χ0) is 22.9. The van der Waals surface area contributed by atoms with E-state index in [4.69, 9.17) is 17.0 Å². The predicted molar refractivity (Wildman–Crippen MR) is 130 cm³/mol. The second kappa shape index (κ2) is 11.6. The van der Waals surface area contributed by atoms with Gasteiger partial charge in [0.15, 0.2) is 5.11 Å². The molecule has 0 aromatic heterocycles. The van der Waals surface area contributed by atoms with Crippen molar-refractivity contribution in [2.45, 2.75) is 19.8 Å². The Morgan fingerprint density at radius 2 is 1.81 bits per heavy atom. The van der Waals surface area contributed by atoms with E-state index in [2.05, 4.69) is 29.5 Å². The molecule has 3 rings (SSSR count). The third kappa shape index (κ3) is 6.51. The maximum absolute atomic E-state index is 12.8. The molecule has 1 aliphatic heterocycles. The Kier molecular flexibility index (Phi) is 8.58. The number of carbonyl (C=O) groups excluding carboxylic acids is 2. The summed E-state index contributed by atoms with van der Waals surface area (Å²) in [5, 5.41) is 5.85. The maximum atomic E-state index is 12.8. The fourth-order valence-corrected chi connectivity index (χ4v) is 3.57. The van der Waals surface area contributed by atoms with Crippen molar-refractivity contribution in [2.24, 2.45) is 0 Å². The van der Waals surface area contributed by atoms with Crippen molar-refractivity contribution in [2.75, 3.05) is 45.2 Å². The number of nitrogens with zero attached hydrogens (tertiary/aromatic N) is 2. The molecule has 0 bridgehead atoms. The van der Waals surface area contributed by atoms with E-state index in [0.717, 1.165) is 25.9 Å². The first-order valence-corrected chi connectivity index (χ1v) is 11.3. The summed E-state index contributed by atoms with van der Waals surface area (Å²) in [6, 6.07) is 14.2. The second-order valence-electron chi connectivity index (χ2n) is 7.78. The summed E-state index contributed by atoms with van der Waals surface area (Å²) in [4.78, 5) is 29.6. The van der Waals surface area contributed by atoms with Crippen molar-refractivity contribution < 1.29 is 14.3 Å². The summed E-state index contributed by atoms with van der Waals surface area (Å²) in [5.74, 6) is 0.176. The molecule has 0 radical (unpaired) electrons. The Morgan fingerprint density at radius 1 is 1.06 bits per heavy atom. The van der Waals surface area contributed by atoms with Crippen LogP contribution in [0, 0.1) is 0 Å². The molecule has 0 saturated carbocycles. The lowest BCUT2D eigenvalue weighted by Crippen LogP contribution is -2.47. The molecule has 2 N–H and O–H groups in total. The first-order valence-electron chi connectivity index (χ1n) is 10.9. The number of rotatable bonds is 7. The second-order valence-corrected chi connectivity index (χ2v) is 8.19. The SMILES string of the molecule is CCCCOc1ccccc1C(=O)NC(=S)Nc1cccc(C(=O)N2CCN(C)CC2)c1. The highest BCUT2D eigenvalue weighted by atomic mass is 32.1. The minimum atomic E-state index is -0.348. The van der Waals surface area contributed by atoms with Crippen LogP contribution >= 0.6 is 12.2 Å². The number of anilines is 1. The van der Waals surface area contributed by atoms with Gasteiger partial charge in [0, 0.05) is 37.4 Å². The Morgan fingerprint density at radius 3 is 2.56 bits per heavy atom. The molecule has 2 amide bonds. The Bertz CT molecular complexity index is 958.